The van der Waals surface area contributed by atoms with Crippen LogP contribution in [0.1, 0.15) is 27.8 Å². The van der Waals surface area contributed by atoms with Gasteiger partial charge in [-0.2, -0.15) is 0 Å². The second-order valence-electron chi connectivity index (χ2n) is 5.05. The molecule has 1 aromatic carbocycles. The summed E-state index contributed by atoms with van der Waals surface area (Å²) >= 11 is 0. The molecule has 0 N–H and O–H groups in total. The molecular formula is C16H15NO2. The normalized spacial score (nSPS) is 22.4. The molecule has 2 atom stereocenters. The Morgan fingerprint density at radius 1 is 1.05 bits per heavy atom. The fraction of sp³-hybridized carbons (Fsp3) is 0.250. The van der Waals surface area contributed by atoms with E-state index in [1.165, 1.54) is 4.57 Å². The third-order valence-corrected chi connectivity index (χ3v) is 3.87. The Kier molecular flexibility index (Phi) is 2.82. The predicted molar refractivity (Wildman–Crippen MR) is 72.2 cm³/mol. The number of rotatable bonds is 2. The number of carbonyl (C=O) groups is 2. The van der Waals surface area contributed by atoms with E-state index in [-0.39, 0.29) is 23.5 Å². The third kappa shape index (κ3) is 1.91. The highest BCUT2D eigenvalue weighted by molar-refractivity contribution is 6.06. The van der Waals surface area contributed by atoms with Gasteiger partial charge in [-0.3, -0.25) is 14.2 Å². The highest BCUT2D eigenvalue weighted by atomic mass is 16.2. The molecular weight excluding hydrogens is 238 g/mol. The molecule has 96 valence electrons. The summed E-state index contributed by atoms with van der Waals surface area (Å²) in [6.07, 6.45) is 2.30. The van der Waals surface area contributed by atoms with Crippen molar-refractivity contribution in [1.82, 2.24) is 4.57 Å². The number of hydrogen-bond acceptors (Lipinski definition) is 2. The van der Waals surface area contributed by atoms with Crippen LogP contribution in [-0.4, -0.2) is 16.3 Å². The fourth-order valence-electron chi connectivity index (χ4n) is 2.71. The van der Waals surface area contributed by atoms with Gasteiger partial charge in [-0.05, 0) is 24.1 Å². The lowest BCUT2D eigenvalue weighted by Gasteiger charge is -2.28. The van der Waals surface area contributed by atoms with Crippen LogP contribution in [0.5, 0.6) is 0 Å². The number of nitrogens with zero attached hydrogens (tertiary/aromatic N) is 1. The van der Waals surface area contributed by atoms with Crippen LogP contribution in [0.25, 0.3) is 0 Å². The average molecular weight is 253 g/mol. The molecule has 19 heavy (non-hydrogen) atoms. The summed E-state index contributed by atoms with van der Waals surface area (Å²) in [5.41, 5.74) is 1.61. The van der Waals surface area contributed by atoms with Crippen molar-refractivity contribution in [3.05, 3.63) is 59.9 Å². The molecule has 0 saturated carbocycles. The van der Waals surface area contributed by atoms with Gasteiger partial charge in [-0.25, -0.2) is 0 Å². The Hall–Kier alpha value is -2.16. The molecule has 3 heteroatoms. The van der Waals surface area contributed by atoms with Crippen molar-refractivity contribution in [2.45, 2.75) is 13.3 Å². The zero-order valence-electron chi connectivity index (χ0n) is 10.7. The lowest BCUT2D eigenvalue weighted by Crippen LogP contribution is -2.40. The maximum atomic E-state index is 12.4. The highest BCUT2D eigenvalue weighted by Gasteiger charge is 2.38. The highest BCUT2D eigenvalue weighted by Crippen LogP contribution is 2.28. The summed E-state index contributed by atoms with van der Waals surface area (Å²) < 4.78 is 1.50. The van der Waals surface area contributed by atoms with E-state index in [4.69, 9.17) is 0 Å². The Morgan fingerprint density at radius 2 is 1.79 bits per heavy atom. The van der Waals surface area contributed by atoms with Crippen molar-refractivity contribution in [3.63, 3.8) is 0 Å². The van der Waals surface area contributed by atoms with Crippen molar-refractivity contribution < 1.29 is 9.59 Å². The van der Waals surface area contributed by atoms with E-state index in [9.17, 15) is 9.59 Å². The first-order valence-electron chi connectivity index (χ1n) is 6.48. The maximum absolute atomic E-state index is 12.4. The number of hydrogen-bond donors (Lipinski definition) is 0. The average Bonchev–Trinajstić information content (AvgIpc) is 2.92. The standard InChI is InChI=1S/C16H15NO2/c1-11-13(10-12-6-3-2-4-7-12)16(19)17-9-5-8-14(17)15(11)18/h2-9,11,13H,10H2,1H3. The lowest BCUT2D eigenvalue weighted by atomic mass is 9.81. The summed E-state index contributed by atoms with van der Waals surface area (Å²) in [4.78, 5) is 24.7. The molecule has 1 aliphatic rings. The van der Waals surface area contributed by atoms with Crippen molar-refractivity contribution in [2.75, 3.05) is 0 Å². The topological polar surface area (TPSA) is 39.1 Å². The molecule has 0 aliphatic carbocycles. The molecule has 3 rings (SSSR count). The molecule has 1 aromatic heterocycles. The second-order valence-corrected chi connectivity index (χ2v) is 5.05. The number of benzene rings is 1. The third-order valence-electron chi connectivity index (χ3n) is 3.87. The van der Waals surface area contributed by atoms with Gasteiger partial charge in [0.2, 0.25) is 5.91 Å². The number of fused-ring (bicyclic) bond motifs is 1. The van der Waals surface area contributed by atoms with Crippen LogP contribution >= 0.6 is 0 Å². The van der Waals surface area contributed by atoms with Crippen LogP contribution in [0.15, 0.2) is 48.7 Å². The van der Waals surface area contributed by atoms with E-state index >= 15 is 0 Å². The van der Waals surface area contributed by atoms with Crippen LogP contribution in [0.4, 0.5) is 0 Å². The summed E-state index contributed by atoms with van der Waals surface area (Å²) in [6, 6.07) is 13.3. The van der Waals surface area contributed by atoms with Gasteiger partial charge in [-0.1, -0.05) is 37.3 Å². The van der Waals surface area contributed by atoms with E-state index in [2.05, 4.69) is 0 Å². The Balaban J connectivity index is 1.95. The van der Waals surface area contributed by atoms with Gasteiger partial charge < -0.3 is 0 Å². The van der Waals surface area contributed by atoms with Gasteiger partial charge in [0, 0.05) is 12.1 Å². The van der Waals surface area contributed by atoms with Gasteiger partial charge in [0.25, 0.3) is 0 Å². The van der Waals surface area contributed by atoms with E-state index < -0.39 is 0 Å². The summed E-state index contributed by atoms with van der Waals surface area (Å²) in [6.45, 7) is 1.85. The first-order valence-corrected chi connectivity index (χ1v) is 6.48. The molecule has 0 radical (unpaired) electrons. The van der Waals surface area contributed by atoms with Gasteiger partial charge in [0.05, 0.1) is 11.6 Å². The van der Waals surface area contributed by atoms with Crippen LogP contribution in [0.3, 0.4) is 0 Å². The maximum Gasteiger partial charge on any atom is 0.235 e. The smallest absolute Gasteiger partial charge is 0.235 e. The van der Waals surface area contributed by atoms with Crippen LogP contribution < -0.4 is 0 Å². The SMILES string of the molecule is CC1C(=O)c2cccn2C(=O)C1Cc1ccccc1. The predicted octanol–water partition coefficient (Wildman–Crippen LogP) is 2.82. The number of carbonyl (C=O) groups excluding carboxylic acids is 2. The van der Waals surface area contributed by atoms with E-state index in [1.807, 2.05) is 37.3 Å². The Morgan fingerprint density at radius 3 is 2.53 bits per heavy atom. The number of aromatic nitrogens is 1. The van der Waals surface area contributed by atoms with E-state index in [0.29, 0.717) is 12.1 Å². The Bertz CT molecular complexity index is 627. The minimum atomic E-state index is -0.269. The summed E-state index contributed by atoms with van der Waals surface area (Å²) in [5.74, 6) is -0.439. The molecule has 0 fully saturated rings. The molecule has 3 nitrogen and oxygen atoms in total. The molecule has 0 amide bonds. The van der Waals surface area contributed by atoms with Gasteiger partial charge in [0.1, 0.15) is 0 Å². The first-order chi connectivity index (χ1) is 9.18. The van der Waals surface area contributed by atoms with Crippen LogP contribution in [0, 0.1) is 11.8 Å². The minimum absolute atomic E-state index is 0.0240. The molecule has 2 unspecified atom stereocenters. The van der Waals surface area contributed by atoms with E-state index in [0.717, 1.165) is 5.56 Å². The molecule has 1 aliphatic heterocycles. The number of Topliss-reactive ketones (excluding diaryl/α,β-unsaturated/α-hetero) is 1. The molecule has 0 bridgehead atoms. The van der Waals surface area contributed by atoms with Crippen LogP contribution in [0.2, 0.25) is 0 Å². The molecule has 2 aromatic rings. The largest absolute Gasteiger partial charge is 0.292 e. The van der Waals surface area contributed by atoms with Crippen molar-refractivity contribution in [1.29, 1.82) is 0 Å². The molecule has 0 spiro atoms. The number of ketones is 1. The minimum Gasteiger partial charge on any atom is -0.292 e. The van der Waals surface area contributed by atoms with Crippen LogP contribution in [-0.2, 0) is 6.42 Å². The summed E-state index contributed by atoms with van der Waals surface area (Å²) in [5, 5.41) is 0. The van der Waals surface area contributed by atoms with Gasteiger partial charge in [-0.15, -0.1) is 0 Å². The van der Waals surface area contributed by atoms with Crippen molar-refractivity contribution in [2.24, 2.45) is 11.8 Å². The first kappa shape index (κ1) is 11.9. The second kappa shape index (κ2) is 4.50. The van der Waals surface area contributed by atoms with Crippen molar-refractivity contribution >= 4 is 11.7 Å². The zero-order chi connectivity index (χ0) is 13.4. The quantitative estimate of drug-likeness (QED) is 0.825. The van der Waals surface area contributed by atoms with Crippen molar-refractivity contribution in [3.8, 4) is 0 Å². The lowest BCUT2D eigenvalue weighted by molar-refractivity contribution is 0.0664. The fourth-order valence-corrected chi connectivity index (χ4v) is 2.71. The molecule has 0 saturated heterocycles. The molecule has 2 heterocycles. The Labute approximate surface area is 111 Å². The van der Waals surface area contributed by atoms with Gasteiger partial charge >= 0.3 is 0 Å². The van der Waals surface area contributed by atoms with Gasteiger partial charge in [0.15, 0.2) is 5.78 Å². The zero-order valence-corrected chi connectivity index (χ0v) is 10.7. The summed E-state index contributed by atoms with van der Waals surface area (Å²) in [7, 11) is 0. The monoisotopic (exact) mass is 253 g/mol. The van der Waals surface area contributed by atoms with E-state index in [1.54, 1.807) is 18.3 Å².